The van der Waals surface area contributed by atoms with Gasteiger partial charge in [-0.1, -0.05) is 24.8 Å². The van der Waals surface area contributed by atoms with E-state index in [-0.39, 0.29) is 22.7 Å². The summed E-state index contributed by atoms with van der Waals surface area (Å²) in [6, 6.07) is 13.5. The Morgan fingerprint density at radius 2 is 1.57 bits per heavy atom. The van der Waals surface area contributed by atoms with Crippen LogP contribution in [0.4, 0.5) is 24.5 Å². The molecule has 0 aromatic heterocycles. The van der Waals surface area contributed by atoms with E-state index >= 15 is 0 Å². The highest BCUT2D eigenvalue weighted by atomic mass is 19.4. The number of carbonyl (C=O) groups is 1. The van der Waals surface area contributed by atoms with E-state index in [1.807, 2.05) is 0 Å². The molecule has 1 saturated carbocycles. The Morgan fingerprint density at radius 1 is 0.914 bits per heavy atom. The van der Waals surface area contributed by atoms with Gasteiger partial charge in [-0.2, -0.15) is 13.2 Å². The van der Waals surface area contributed by atoms with E-state index in [4.69, 9.17) is 0 Å². The van der Waals surface area contributed by atoms with Gasteiger partial charge in [0.05, 0.1) is 5.56 Å². The third-order valence-corrected chi connectivity index (χ3v) is 6.32. The zero-order chi connectivity index (χ0) is 25.5. The molecule has 4 rings (SSSR count). The fourth-order valence-electron chi connectivity index (χ4n) is 4.29. The summed E-state index contributed by atoms with van der Waals surface area (Å²) in [6.45, 7) is 7.13. The molecule has 4 N–H and O–H groups in total. The average molecular weight is 483 g/mol. The third kappa shape index (κ3) is 4.82. The Labute approximate surface area is 200 Å². The number of phenols is 2. The number of carbonyl (C=O) groups excluding carboxylic acids is 1. The smallest absolute Gasteiger partial charge is 0.417 e. The van der Waals surface area contributed by atoms with Gasteiger partial charge in [-0.3, -0.25) is 4.79 Å². The predicted octanol–water partition coefficient (Wildman–Crippen LogP) is 6.71. The molecular weight excluding hydrogens is 457 g/mol. The maximum absolute atomic E-state index is 13.9. The lowest BCUT2D eigenvalue weighted by Gasteiger charge is -2.22. The topological polar surface area (TPSA) is 81.6 Å². The number of aryl methyl sites for hydroxylation is 1. The highest BCUT2D eigenvalue weighted by Crippen LogP contribution is 2.54. The Hall–Kier alpha value is -3.94. The monoisotopic (exact) mass is 482 g/mol. The molecule has 0 aliphatic heterocycles. The highest BCUT2D eigenvalue weighted by molar-refractivity contribution is 5.89. The molecule has 1 aliphatic carbocycles. The van der Waals surface area contributed by atoms with Crippen LogP contribution >= 0.6 is 0 Å². The summed E-state index contributed by atoms with van der Waals surface area (Å²) in [5.74, 6) is -0.888. The van der Waals surface area contributed by atoms with Crippen LogP contribution in [0.3, 0.4) is 0 Å². The number of anilines is 2. The molecule has 1 aliphatic rings. The van der Waals surface area contributed by atoms with Crippen molar-refractivity contribution in [3.8, 4) is 22.6 Å². The maximum Gasteiger partial charge on any atom is 0.417 e. The minimum absolute atomic E-state index is 0.00274. The summed E-state index contributed by atoms with van der Waals surface area (Å²) in [7, 11) is 0. The van der Waals surface area contributed by atoms with Gasteiger partial charge in [0.2, 0.25) is 5.91 Å². The lowest BCUT2D eigenvalue weighted by molar-refractivity contribution is -0.137. The SMILES string of the molecule is C=C(Nc1ccc(C)c(-c2ccc(NC(C)=O)cc2C(F)(F)F)c1)C1(c2ccc(O)c(O)c2)CC1. The Balaban J connectivity index is 1.68. The minimum atomic E-state index is -4.62. The van der Waals surface area contributed by atoms with E-state index in [9.17, 15) is 28.2 Å². The van der Waals surface area contributed by atoms with E-state index in [0.717, 1.165) is 24.5 Å². The summed E-state index contributed by atoms with van der Waals surface area (Å²) in [6.07, 6.45) is -3.06. The number of rotatable bonds is 6. The van der Waals surface area contributed by atoms with Gasteiger partial charge in [-0.25, -0.2) is 0 Å². The molecule has 0 atom stereocenters. The second-order valence-electron chi connectivity index (χ2n) is 8.86. The second-order valence-corrected chi connectivity index (χ2v) is 8.86. The van der Waals surface area contributed by atoms with Gasteiger partial charge in [0.25, 0.3) is 0 Å². The zero-order valence-corrected chi connectivity index (χ0v) is 19.3. The Bertz CT molecular complexity index is 1330. The lowest BCUT2D eigenvalue weighted by atomic mass is 9.91. The number of alkyl halides is 3. The van der Waals surface area contributed by atoms with Crippen LogP contribution in [0.25, 0.3) is 11.1 Å². The van der Waals surface area contributed by atoms with Crippen molar-refractivity contribution in [1.29, 1.82) is 0 Å². The fourth-order valence-corrected chi connectivity index (χ4v) is 4.29. The first kappa shape index (κ1) is 24.2. The standard InChI is InChI=1S/C27H25F3N2O3/c1-15-4-6-19(31-16(2)26(10-11-26)18-5-9-24(34)25(35)12-18)13-22(15)21-8-7-20(32-17(3)33)14-23(21)27(28,29)30/h4-9,12-14,31,34-35H,2,10-11H2,1,3H3,(H,32,33). The van der Waals surface area contributed by atoms with Crippen LogP contribution in [0.15, 0.2) is 66.9 Å². The molecule has 0 spiro atoms. The van der Waals surface area contributed by atoms with Gasteiger partial charge in [0.1, 0.15) is 0 Å². The number of nitrogens with one attached hydrogen (secondary N) is 2. The molecule has 0 radical (unpaired) electrons. The summed E-state index contributed by atoms with van der Waals surface area (Å²) in [5, 5.41) is 25.2. The van der Waals surface area contributed by atoms with Crippen LogP contribution in [-0.4, -0.2) is 16.1 Å². The first-order valence-electron chi connectivity index (χ1n) is 11.0. The Morgan fingerprint density at radius 3 is 2.17 bits per heavy atom. The largest absolute Gasteiger partial charge is 0.504 e. The summed E-state index contributed by atoms with van der Waals surface area (Å²) < 4.78 is 41.8. The van der Waals surface area contributed by atoms with Crippen LogP contribution in [0.1, 0.15) is 36.5 Å². The van der Waals surface area contributed by atoms with E-state index in [2.05, 4.69) is 17.2 Å². The van der Waals surface area contributed by atoms with Crippen molar-refractivity contribution < 1.29 is 28.2 Å². The first-order chi connectivity index (χ1) is 16.4. The summed E-state index contributed by atoms with van der Waals surface area (Å²) >= 11 is 0. The molecule has 0 bridgehead atoms. The molecule has 8 heteroatoms. The van der Waals surface area contributed by atoms with Gasteiger partial charge in [-0.15, -0.1) is 0 Å². The number of allylic oxidation sites excluding steroid dienone is 1. The van der Waals surface area contributed by atoms with Crippen molar-refractivity contribution in [2.24, 2.45) is 0 Å². The van der Waals surface area contributed by atoms with Crippen LogP contribution in [0, 0.1) is 6.92 Å². The van der Waals surface area contributed by atoms with E-state index < -0.39 is 23.1 Å². The van der Waals surface area contributed by atoms with E-state index in [0.29, 0.717) is 22.5 Å². The van der Waals surface area contributed by atoms with Crippen LogP contribution in [-0.2, 0) is 16.4 Å². The van der Waals surface area contributed by atoms with Crippen molar-refractivity contribution in [3.05, 3.63) is 83.6 Å². The number of benzene rings is 3. The zero-order valence-electron chi connectivity index (χ0n) is 19.3. The van der Waals surface area contributed by atoms with Gasteiger partial charge in [0, 0.05) is 29.4 Å². The molecule has 3 aromatic rings. The number of aromatic hydroxyl groups is 2. The quantitative estimate of drug-likeness (QED) is 0.295. The molecule has 35 heavy (non-hydrogen) atoms. The van der Waals surface area contributed by atoms with Crippen molar-refractivity contribution >= 4 is 17.3 Å². The fraction of sp³-hybridized carbons (Fsp3) is 0.222. The van der Waals surface area contributed by atoms with Crippen molar-refractivity contribution in [1.82, 2.24) is 0 Å². The van der Waals surface area contributed by atoms with Crippen molar-refractivity contribution in [2.75, 3.05) is 10.6 Å². The lowest BCUT2D eigenvalue weighted by Crippen LogP contribution is -2.16. The van der Waals surface area contributed by atoms with Crippen LogP contribution in [0.2, 0.25) is 0 Å². The molecule has 0 heterocycles. The third-order valence-electron chi connectivity index (χ3n) is 6.32. The number of halogens is 3. The van der Waals surface area contributed by atoms with E-state index in [1.165, 1.54) is 31.2 Å². The highest BCUT2D eigenvalue weighted by Gasteiger charge is 2.47. The molecule has 182 valence electrons. The maximum atomic E-state index is 13.9. The normalized spacial score (nSPS) is 14.3. The molecule has 0 saturated heterocycles. The van der Waals surface area contributed by atoms with Gasteiger partial charge in [0.15, 0.2) is 11.5 Å². The summed E-state index contributed by atoms with van der Waals surface area (Å²) in [5.41, 5.74) is 1.86. The molecule has 3 aromatic carbocycles. The number of phenolic OH excluding ortho intramolecular Hbond substituents is 2. The minimum Gasteiger partial charge on any atom is -0.504 e. The summed E-state index contributed by atoms with van der Waals surface area (Å²) in [4.78, 5) is 11.3. The van der Waals surface area contributed by atoms with Crippen LogP contribution in [0.5, 0.6) is 11.5 Å². The molecular formula is C27H25F3N2O3. The molecule has 0 unspecified atom stereocenters. The van der Waals surface area contributed by atoms with Gasteiger partial charge >= 0.3 is 6.18 Å². The second kappa shape index (κ2) is 8.69. The van der Waals surface area contributed by atoms with Crippen molar-refractivity contribution in [2.45, 2.75) is 38.3 Å². The van der Waals surface area contributed by atoms with Crippen molar-refractivity contribution in [3.63, 3.8) is 0 Å². The first-order valence-corrected chi connectivity index (χ1v) is 11.0. The average Bonchev–Trinajstić information content (AvgIpc) is 3.58. The predicted molar refractivity (Wildman–Crippen MR) is 129 cm³/mol. The number of hydrogen-bond donors (Lipinski definition) is 4. The number of hydrogen-bond acceptors (Lipinski definition) is 4. The molecule has 1 fully saturated rings. The van der Waals surface area contributed by atoms with Gasteiger partial charge < -0.3 is 20.8 Å². The van der Waals surface area contributed by atoms with E-state index in [1.54, 1.807) is 31.2 Å². The number of amides is 1. The van der Waals surface area contributed by atoms with Crippen LogP contribution < -0.4 is 10.6 Å². The molecule has 1 amide bonds. The Kier molecular flexibility index (Phi) is 6.00. The molecule has 5 nitrogen and oxygen atoms in total. The van der Waals surface area contributed by atoms with Gasteiger partial charge in [-0.05, 0) is 78.4 Å².